The van der Waals surface area contributed by atoms with Gasteiger partial charge in [-0.05, 0) is 42.3 Å². The van der Waals surface area contributed by atoms with Gasteiger partial charge in [0.25, 0.3) is 0 Å². The van der Waals surface area contributed by atoms with Crippen LogP contribution in [0.3, 0.4) is 0 Å². The van der Waals surface area contributed by atoms with E-state index in [1.807, 2.05) is 0 Å². The molecule has 2 nitrogen and oxygen atoms in total. The summed E-state index contributed by atoms with van der Waals surface area (Å²) in [6, 6.07) is 9.04. The van der Waals surface area contributed by atoms with Gasteiger partial charge in [0.05, 0.1) is 0 Å². The van der Waals surface area contributed by atoms with E-state index >= 15 is 0 Å². The van der Waals surface area contributed by atoms with Crippen LogP contribution in [0.4, 0.5) is 8.78 Å². The van der Waals surface area contributed by atoms with E-state index in [-0.39, 0.29) is 18.2 Å². The lowest BCUT2D eigenvalue weighted by Crippen LogP contribution is -2.02. The molecule has 2 N–H and O–H groups in total. The zero-order valence-electron chi connectivity index (χ0n) is 10.6. The predicted octanol–water partition coefficient (Wildman–Crippen LogP) is 3.31. The van der Waals surface area contributed by atoms with Crippen molar-refractivity contribution in [2.24, 2.45) is 5.73 Å². The van der Waals surface area contributed by atoms with Gasteiger partial charge in [0.2, 0.25) is 0 Å². The van der Waals surface area contributed by atoms with Crippen LogP contribution in [0.15, 0.2) is 36.4 Å². The van der Waals surface area contributed by atoms with Crippen LogP contribution in [0.25, 0.3) is 0 Å². The number of hydrogen-bond acceptors (Lipinski definition) is 2. The lowest BCUT2D eigenvalue weighted by molar-refractivity contribution is 0.297. The molecular formula is C15H15F2NO. The Bertz CT molecular complexity index is 584. The van der Waals surface area contributed by atoms with Crippen LogP contribution in [0.2, 0.25) is 0 Å². The highest BCUT2D eigenvalue weighted by molar-refractivity contribution is 5.33. The SMILES string of the molecule is Cc1cc(F)ccc1OCc1ccc(CN)cc1F. The Morgan fingerprint density at radius 3 is 2.53 bits per heavy atom. The first-order valence-electron chi connectivity index (χ1n) is 5.96. The molecular weight excluding hydrogens is 248 g/mol. The molecule has 0 aliphatic rings. The summed E-state index contributed by atoms with van der Waals surface area (Å²) in [7, 11) is 0. The van der Waals surface area contributed by atoms with Crippen molar-refractivity contribution in [3.05, 3.63) is 64.7 Å². The highest BCUT2D eigenvalue weighted by atomic mass is 19.1. The summed E-state index contributed by atoms with van der Waals surface area (Å²) in [6.45, 7) is 2.14. The fourth-order valence-electron chi connectivity index (χ4n) is 1.77. The fourth-order valence-corrected chi connectivity index (χ4v) is 1.77. The third kappa shape index (κ3) is 3.29. The number of hydrogen-bond donors (Lipinski definition) is 1. The van der Waals surface area contributed by atoms with E-state index in [4.69, 9.17) is 10.5 Å². The second kappa shape index (κ2) is 5.80. The topological polar surface area (TPSA) is 35.2 Å². The van der Waals surface area contributed by atoms with Gasteiger partial charge >= 0.3 is 0 Å². The summed E-state index contributed by atoms with van der Waals surface area (Å²) in [4.78, 5) is 0. The Balaban J connectivity index is 2.10. The second-order valence-electron chi connectivity index (χ2n) is 4.33. The van der Waals surface area contributed by atoms with E-state index in [0.29, 0.717) is 23.4 Å². The highest BCUT2D eigenvalue weighted by Gasteiger charge is 2.06. The molecule has 2 aromatic rings. The molecule has 0 fully saturated rings. The number of nitrogens with two attached hydrogens (primary N) is 1. The molecule has 0 radical (unpaired) electrons. The molecule has 0 spiro atoms. The molecule has 0 aliphatic carbocycles. The van der Waals surface area contributed by atoms with Gasteiger partial charge in [0.1, 0.15) is 24.0 Å². The molecule has 0 saturated carbocycles. The maximum absolute atomic E-state index is 13.7. The maximum atomic E-state index is 13.7. The molecule has 0 heterocycles. The minimum absolute atomic E-state index is 0.100. The van der Waals surface area contributed by atoms with Gasteiger partial charge in [-0.3, -0.25) is 0 Å². The minimum Gasteiger partial charge on any atom is -0.489 e. The molecule has 19 heavy (non-hydrogen) atoms. The smallest absolute Gasteiger partial charge is 0.130 e. The molecule has 0 saturated heterocycles. The van der Waals surface area contributed by atoms with Crippen molar-refractivity contribution >= 4 is 0 Å². The van der Waals surface area contributed by atoms with Gasteiger partial charge in [-0.25, -0.2) is 8.78 Å². The van der Waals surface area contributed by atoms with Gasteiger partial charge in [0, 0.05) is 12.1 Å². The van der Waals surface area contributed by atoms with Crippen LogP contribution in [0, 0.1) is 18.6 Å². The van der Waals surface area contributed by atoms with Gasteiger partial charge in [0.15, 0.2) is 0 Å². The molecule has 2 rings (SSSR count). The van der Waals surface area contributed by atoms with Crippen molar-refractivity contribution in [1.29, 1.82) is 0 Å². The second-order valence-corrected chi connectivity index (χ2v) is 4.33. The first kappa shape index (κ1) is 13.5. The summed E-state index contributed by atoms with van der Waals surface area (Å²) < 4.78 is 32.1. The third-order valence-corrected chi connectivity index (χ3v) is 2.87. The Morgan fingerprint density at radius 1 is 1.11 bits per heavy atom. The number of benzene rings is 2. The standard InChI is InChI=1S/C15H15F2NO/c1-10-6-13(16)4-5-15(10)19-9-12-3-2-11(8-18)7-14(12)17/h2-7H,8-9,18H2,1H3. The summed E-state index contributed by atoms with van der Waals surface area (Å²) in [5.41, 5.74) is 7.29. The minimum atomic E-state index is -0.345. The fraction of sp³-hybridized carbons (Fsp3) is 0.200. The van der Waals surface area contributed by atoms with E-state index in [1.165, 1.54) is 24.3 Å². The molecule has 4 heteroatoms. The van der Waals surface area contributed by atoms with Crippen LogP contribution in [0.1, 0.15) is 16.7 Å². The van der Waals surface area contributed by atoms with Crippen LogP contribution in [0.5, 0.6) is 5.75 Å². The summed E-state index contributed by atoms with van der Waals surface area (Å²) >= 11 is 0. The number of aryl methyl sites for hydroxylation is 1. The average Bonchev–Trinajstić information content (AvgIpc) is 2.39. The van der Waals surface area contributed by atoms with Crippen LogP contribution >= 0.6 is 0 Å². The molecule has 0 aromatic heterocycles. The zero-order chi connectivity index (χ0) is 13.8. The van der Waals surface area contributed by atoms with E-state index in [0.717, 1.165) is 5.56 Å². The Kier molecular flexibility index (Phi) is 4.12. The van der Waals surface area contributed by atoms with Crippen molar-refractivity contribution in [1.82, 2.24) is 0 Å². The first-order chi connectivity index (χ1) is 9.10. The molecule has 0 unspecified atom stereocenters. The summed E-state index contributed by atoms with van der Waals surface area (Å²) in [5.74, 6) is -0.116. The van der Waals surface area contributed by atoms with Gasteiger partial charge in [-0.1, -0.05) is 12.1 Å². The third-order valence-electron chi connectivity index (χ3n) is 2.87. The number of rotatable bonds is 4. The summed E-state index contributed by atoms with van der Waals surface area (Å²) in [5, 5.41) is 0. The van der Waals surface area contributed by atoms with Crippen molar-refractivity contribution in [3.63, 3.8) is 0 Å². The monoisotopic (exact) mass is 263 g/mol. The Labute approximate surface area is 110 Å². The first-order valence-corrected chi connectivity index (χ1v) is 5.96. The highest BCUT2D eigenvalue weighted by Crippen LogP contribution is 2.20. The van der Waals surface area contributed by atoms with E-state index in [1.54, 1.807) is 19.1 Å². The van der Waals surface area contributed by atoms with Gasteiger partial charge in [-0.15, -0.1) is 0 Å². The predicted molar refractivity (Wildman–Crippen MR) is 69.8 cm³/mol. The van der Waals surface area contributed by atoms with Crippen molar-refractivity contribution in [2.45, 2.75) is 20.1 Å². The number of ether oxygens (including phenoxy) is 1. The average molecular weight is 263 g/mol. The Morgan fingerprint density at radius 2 is 1.89 bits per heavy atom. The van der Waals surface area contributed by atoms with Crippen LogP contribution in [-0.4, -0.2) is 0 Å². The van der Waals surface area contributed by atoms with E-state index in [9.17, 15) is 8.78 Å². The molecule has 2 aromatic carbocycles. The lowest BCUT2D eigenvalue weighted by atomic mass is 10.1. The van der Waals surface area contributed by atoms with Gasteiger partial charge < -0.3 is 10.5 Å². The maximum Gasteiger partial charge on any atom is 0.130 e. The van der Waals surface area contributed by atoms with Crippen molar-refractivity contribution in [3.8, 4) is 5.75 Å². The zero-order valence-corrected chi connectivity index (χ0v) is 10.6. The number of halogens is 2. The molecule has 0 atom stereocenters. The molecule has 0 bridgehead atoms. The van der Waals surface area contributed by atoms with Crippen LogP contribution in [-0.2, 0) is 13.2 Å². The van der Waals surface area contributed by atoms with Crippen molar-refractivity contribution in [2.75, 3.05) is 0 Å². The molecule has 0 amide bonds. The summed E-state index contributed by atoms with van der Waals surface area (Å²) in [6.07, 6.45) is 0. The van der Waals surface area contributed by atoms with Crippen LogP contribution < -0.4 is 10.5 Å². The molecule has 100 valence electrons. The largest absolute Gasteiger partial charge is 0.489 e. The van der Waals surface area contributed by atoms with E-state index < -0.39 is 0 Å². The normalized spacial score (nSPS) is 10.5. The lowest BCUT2D eigenvalue weighted by Gasteiger charge is -2.10. The van der Waals surface area contributed by atoms with Crippen molar-refractivity contribution < 1.29 is 13.5 Å². The van der Waals surface area contributed by atoms with E-state index in [2.05, 4.69) is 0 Å². The van der Waals surface area contributed by atoms with Gasteiger partial charge in [-0.2, -0.15) is 0 Å². The Hall–Kier alpha value is -1.94. The quantitative estimate of drug-likeness (QED) is 0.918. The molecule has 0 aliphatic heterocycles.